The minimum absolute atomic E-state index is 0.0820. The van der Waals surface area contributed by atoms with Gasteiger partial charge in [-0.2, -0.15) is 0 Å². The van der Waals surface area contributed by atoms with E-state index in [0.717, 1.165) is 0 Å². The first-order valence-corrected chi connectivity index (χ1v) is 9.43. The largest absolute Gasteiger partial charge is 0.497 e. The van der Waals surface area contributed by atoms with Crippen molar-refractivity contribution >= 4 is 52.4 Å². The van der Waals surface area contributed by atoms with Crippen molar-refractivity contribution in [2.75, 3.05) is 12.4 Å². The van der Waals surface area contributed by atoms with E-state index in [1.54, 1.807) is 18.2 Å². The van der Waals surface area contributed by atoms with Crippen molar-refractivity contribution in [3.63, 3.8) is 0 Å². The monoisotopic (exact) mass is 466 g/mol. The predicted molar refractivity (Wildman–Crippen MR) is 114 cm³/mol. The zero-order valence-corrected chi connectivity index (χ0v) is 17.5. The number of nitrogens with one attached hydrogen (secondary N) is 1. The van der Waals surface area contributed by atoms with Crippen LogP contribution in [-0.2, 0) is 0 Å². The molecule has 3 aromatic rings. The third kappa shape index (κ3) is 4.94. The maximum absolute atomic E-state index is 12.8. The zero-order valence-electron chi connectivity index (χ0n) is 15.3. The second-order valence-electron chi connectivity index (χ2n) is 5.85. The van der Waals surface area contributed by atoms with Crippen LogP contribution in [0.1, 0.15) is 20.8 Å². The summed E-state index contributed by atoms with van der Waals surface area (Å²) in [5, 5.41) is 12.1. The van der Waals surface area contributed by atoms with Gasteiger partial charge in [0, 0.05) is 12.1 Å². The van der Waals surface area contributed by atoms with Crippen molar-refractivity contribution < 1.29 is 24.2 Å². The van der Waals surface area contributed by atoms with Gasteiger partial charge in [0.1, 0.15) is 22.9 Å². The first kappa shape index (κ1) is 21.7. The number of pyridine rings is 1. The second-order valence-corrected chi connectivity index (χ2v) is 7.07. The average Bonchev–Trinajstić information content (AvgIpc) is 2.72. The SMILES string of the molecule is COc1ccc(Oc2cc(Cl)c(Cl)cc2C(=O)Nc2ccc(C(=O)O)nc2)c(Cl)c1. The van der Waals surface area contributed by atoms with Gasteiger partial charge in [-0.05, 0) is 30.3 Å². The highest BCUT2D eigenvalue weighted by Crippen LogP contribution is 2.37. The number of rotatable bonds is 6. The number of carbonyl (C=O) groups excluding carboxylic acids is 1. The molecule has 0 bridgehead atoms. The molecule has 1 heterocycles. The number of hydrogen-bond acceptors (Lipinski definition) is 5. The molecule has 0 aliphatic heterocycles. The molecule has 0 aliphatic carbocycles. The van der Waals surface area contributed by atoms with Crippen molar-refractivity contribution in [1.82, 2.24) is 4.98 Å². The van der Waals surface area contributed by atoms with Crippen LogP contribution in [0, 0.1) is 0 Å². The van der Waals surface area contributed by atoms with Crippen LogP contribution in [-0.4, -0.2) is 29.1 Å². The smallest absolute Gasteiger partial charge is 0.354 e. The fourth-order valence-corrected chi connectivity index (χ4v) is 2.92. The number of carboxylic acid groups (broad SMARTS) is 1. The van der Waals surface area contributed by atoms with E-state index >= 15 is 0 Å². The predicted octanol–water partition coefficient (Wildman–Crippen LogP) is 5.79. The summed E-state index contributed by atoms with van der Waals surface area (Å²) in [6, 6.07) is 10.2. The Balaban J connectivity index is 1.91. The van der Waals surface area contributed by atoms with Crippen LogP contribution < -0.4 is 14.8 Å². The van der Waals surface area contributed by atoms with Crippen molar-refractivity contribution in [2.45, 2.75) is 0 Å². The number of anilines is 1. The first-order chi connectivity index (χ1) is 14.3. The first-order valence-electron chi connectivity index (χ1n) is 8.29. The Morgan fingerprint density at radius 1 is 0.967 bits per heavy atom. The highest BCUT2D eigenvalue weighted by atomic mass is 35.5. The summed E-state index contributed by atoms with van der Waals surface area (Å²) in [5.41, 5.74) is 0.212. The molecule has 1 amide bonds. The molecule has 0 atom stereocenters. The van der Waals surface area contributed by atoms with Crippen LogP contribution in [0.2, 0.25) is 15.1 Å². The lowest BCUT2D eigenvalue weighted by atomic mass is 10.1. The summed E-state index contributed by atoms with van der Waals surface area (Å²) in [6.07, 6.45) is 1.22. The van der Waals surface area contributed by atoms with Crippen LogP contribution in [0.3, 0.4) is 0 Å². The molecule has 0 spiro atoms. The number of halogens is 3. The third-order valence-corrected chi connectivity index (χ3v) is 4.88. The molecule has 0 saturated carbocycles. The fraction of sp³-hybridized carbons (Fsp3) is 0.0500. The molecule has 0 unspecified atom stereocenters. The fourth-order valence-electron chi connectivity index (χ4n) is 2.39. The van der Waals surface area contributed by atoms with Crippen molar-refractivity contribution in [3.8, 4) is 17.2 Å². The van der Waals surface area contributed by atoms with Crippen LogP contribution in [0.15, 0.2) is 48.7 Å². The number of aromatic carboxylic acids is 1. The molecule has 0 aliphatic rings. The van der Waals surface area contributed by atoms with E-state index in [1.165, 1.54) is 37.6 Å². The Labute approximate surface area is 186 Å². The molecular formula is C20H13Cl3N2O5. The van der Waals surface area contributed by atoms with E-state index in [9.17, 15) is 9.59 Å². The molecule has 2 N–H and O–H groups in total. The number of methoxy groups -OCH3 is 1. The molecule has 154 valence electrons. The van der Waals surface area contributed by atoms with E-state index in [0.29, 0.717) is 5.75 Å². The minimum atomic E-state index is -1.18. The van der Waals surface area contributed by atoms with Crippen LogP contribution in [0.5, 0.6) is 17.2 Å². The van der Waals surface area contributed by atoms with E-state index in [1.807, 2.05) is 0 Å². The van der Waals surface area contributed by atoms with E-state index in [2.05, 4.69) is 10.3 Å². The summed E-state index contributed by atoms with van der Waals surface area (Å²) in [6.45, 7) is 0. The zero-order chi connectivity index (χ0) is 21.8. The Hall–Kier alpha value is -3.00. The number of carboxylic acids is 1. The summed E-state index contributed by atoms with van der Waals surface area (Å²) in [4.78, 5) is 27.5. The summed E-state index contributed by atoms with van der Waals surface area (Å²) in [7, 11) is 1.51. The number of hydrogen-bond donors (Lipinski definition) is 2. The lowest BCUT2D eigenvalue weighted by molar-refractivity contribution is 0.0690. The van der Waals surface area contributed by atoms with Gasteiger partial charge in [0.25, 0.3) is 5.91 Å². The van der Waals surface area contributed by atoms with Gasteiger partial charge in [0.2, 0.25) is 0 Å². The van der Waals surface area contributed by atoms with Gasteiger partial charge >= 0.3 is 5.97 Å². The molecule has 30 heavy (non-hydrogen) atoms. The number of ether oxygens (including phenoxy) is 2. The number of aromatic nitrogens is 1. The van der Waals surface area contributed by atoms with Gasteiger partial charge < -0.3 is 19.9 Å². The molecule has 1 aromatic heterocycles. The van der Waals surface area contributed by atoms with Crippen LogP contribution in [0.4, 0.5) is 5.69 Å². The number of amides is 1. The van der Waals surface area contributed by atoms with Crippen molar-refractivity contribution in [1.29, 1.82) is 0 Å². The van der Waals surface area contributed by atoms with E-state index < -0.39 is 11.9 Å². The van der Waals surface area contributed by atoms with Crippen molar-refractivity contribution in [2.24, 2.45) is 0 Å². The summed E-state index contributed by atoms with van der Waals surface area (Å²) < 4.78 is 10.9. The molecule has 7 nitrogen and oxygen atoms in total. The minimum Gasteiger partial charge on any atom is -0.497 e. The molecule has 3 rings (SSSR count). The van der Waals surface area contributed by atoms with Crippen LogP contribution >= 0.6 is 34.8 Å². The Morgan fingerprint density at radius 3 is 2.30 bits per heavy atom. The maximum Gasteiger partial charge on any atom is 0.354 e. The normalized spacial score (nSPS) is 10.4. The molecule has 0 saturated heterocycles. The number of nitrogens with zero attached hydrogens (tertiary/aromatic N) is 1. The highest BCUT2D eigenvalue weighted by Gasteiger charge is 2.18. The van der Waals surface area contributed by atoms with E-state index in [-0.39, 0.29) is 43.5 Å². The topological polar surface area (TPSA) is 97.8 Å². The van der Waals surface area contributed by atoms with Gasteiger partial charge in [-0.3, -0.25) is 4.79 Å². The molecule has 2 aromatic carbocycles. The Bertz CT molecular complexity index is 1120. The second kappa shape index (κ2) is 9.21. The van der Waals surface area contributed by atoms with Gasteiger partial charge in [-0.15, -0.1) is 0 Å². The molecule has 10 heteroatoms. The lowest BCUT2D eigenvalue weighted by Gasteiger charge is -2.14. The lowest BCUT2D eigenvalue weighted by Crippen LogP contribution is -2.14. The Kier molecular flexibility index (Phi) is 6.66. The molecular weight excluding hydrogens is 455 g/mol. The third-order valence-electron chi connectivity index (χ3n) is 3.87. The maximum atomic E-state index is 12.8. The van der Waals surface area contributed by atoms with E-state index in [4.69, 9.17) is 49.4 Å². The average molecular weight is 468 g/mol. The number of carbonyl (C=O) groups is 2. The quantitative estimate of drug-likeness (QED) is 0.476. The van der Waals surface area contributed by atoms with Crippen molar-refractivity contribution in [3.05, 3.63) is 75.0 Å². The van der Waals surface area contributed by atoms with Gasteiger partial charge in [-0.1, -0.05) is 34.8 Å². The number of benzene rings is 2. The van der Waals surface area contributed by atoms with Gasteiger partial charge in [0.15, 0.2) is 0 Å². The Morgan fingerprint density at radius 2 is 1.70 bits per heavy atom. The van der Waals surface area contributed by atoms with Gasteiger partial charge in [0.05, 0.1) is 39.6 Å². The molecule has 0 radical (unpaired) electrons. The highest BCUT2D eigenvalue weighted by molar-refractivity contribution is 6.42. The summed E-state index contributed by atoms with van der Waals surface area (Å²) >= 11 is 18.4. The van der Waals surface area contributed by atoms with Crippen LogP contribution in [0.25, 0.3) is 0 Å². The van der Waals surface area contributed by atoms with Gasteiger partial charge in [-0.25, -0.2) is 9.78 Å². The summed E-state index contributed by atoms with van der Waals surface area (Å²) in [5.74, 6) is -0.819. The molecule has 0 fully saturated rings. The standard InChI is InChI=1S/C20H13Cl3N2O5/c1-29-11-3-5-17(15(23)6-11)30-18-8-14(22)13(21)7-12(18)19(26)25-10-2-4-16(20(27)28)24-9-10/h2-9H,1H3,(H,25,26)(H,27,28).